The highest BCUT2D eigenvalue weighted by atomic mass is 16.5. The summed E-state index contributed by atoms with van der Waals surface area (Å²) in [7, 11) is 0. The molecule has 0 atom stereocenters. The molecule has 1 heterocycles. The van der Waals surface area contributed by atoms with Crippen LogP contribution in [0.25, 0.3) is 0 Å². The average molecular weight is 257 g/mol. The zero-order chi connectivity index (χ0) is 13.7. The molecule has 0 unspecified atom stereocenters. The molecule has 4 heteroatoms. The average Bonchev–Trinajstić information content (AvgIpc) is 2.43. The van der Waals surface area contributed by atoms with E-state index in [9.17, 15) is 0 Å². The van der Waals surface area contributed by atoms with Gasteiger partial charge in [-0.15, -0.1) is 5.10 Å². The van der Waals surface area contributed by atoms with Crippen molar-refractivity contribution in [1.82, 2.24) is 15.5 Å². The van der Waals surface area contributed by atoms with Gasteiger partial charge in [-0.1, -0.05) is 19.1 Å². The quantitative estimate of drug-likeness (QED) is 0.894. The maximum absolute atomic E-state index is 5.76. The molecular weight excluding hydrogens is 238 g/mol. The minimum Gasteiger partial charge on any atom is -0.437 e. The number of nitrogens with zero attached hydrogens (tertiary/aromatic N) is 2. The Balaban J connectivity index is 2.09. The van der Waals surface area contributed by atoms with E-state index < -0.39 is 0 Å². The van der Waals surface area contributed by atoms with Crippen LogP contribution < -0.4 is 10.1 Å². The number of hydrogen-bond acceptors (Lipinski definition) is 4. The van der Waals surface area contributed by atoms with E-state index in [1.54, 1.807) is 0 Å². The van der Waals surface area contributed by atoms with Crippen molar-refractivity contribution < 1.29 is 4.74 Å². The zero-order valence-electron chi connectivity index (χ0n) is 11.6. The van der Waals surface area contributed by atoms with E-state index in [0.29, 0.717) is 5.88 Å². The van der Waals surface area contributed by atoms with Gasteiger partial charge in [0.15, 0.2) is 0 Å². The van der Waals surface area contributed by atoms with Gasteiger partial charge in [0.1, 0.15) is 5.75 Å². The molecule has 0 saturated heterocycles. The fraction of sp³-hybridized carbons (Fsp3) is 0.333. The first-order valence-electron chi connectivity index (χ1n) is 6.48. The number of aromatic nitrogens is 2. The molecule has 4 nitrogen and oxygen atoms in total. The SMILES string of the molecule is CCNCc1ccc(Oc2cccc(C)c2C)nn1. The number of nitrogens with one attached hydrogen (secondary N) is 1. The third-order valence-electron chi connectivity index (χ3n) is 3.02. The topological polar surface area (TPSA) is 47.0 Å². The Morgan fingerprint density at radius 2 is 1.95 bits per heavy atom. The van der Waals surface area contributed by atoms with E-state index in [2.05, 4.69) is 35.4 Å². The number of ether oxygens (including phenoxy) is 1. The lowest BCUT2D eigenvalue weighted by Crippen LogP contribution is -2.13. The molecule has 0 amide bonds. The normalized spacial score (nSPS) is 10.5. The molecule has 0 fully saturated rings. The van der Waals surface area contributed by atoms with Gasteiger partial charge in [0.05, 0.1) is 5.69 Å². The van der Waals surface area contributed by atoms with Crippen LogP contribution in [0, 0.1) is 13.8 Å². The first kappa shape index (κ1) is 13.5. The van der Waals surface area contributed by atoms with Crippen LogP contribution in [0.2, 0.25) is 0 Å². The van der Waals surface area contributed by atoms with Gasteiger partial charge in [-0.05, 0) is 43.7 Å². The van der Waals surface area contributed by atoms with Gasteiger partial charge in [0.25, 0.3) is 0 Å². The second kappa shape index (κ2) is 6.29. The standard InChI is InChI=1S/C15H19N3O/c1-4-16-10-13-8-9-15(18-17-13)19-14-7-5-6-11(2)12(14)3/h5-9,16H,4,10H2,1-3H3. The van der Waals surface area contributed by atoms with Crippen molar-refractivity contribution in [3.05, 3.63) is 47.2 Å². The third-order valence-corrected chi connectivity index (χ3v) is 3.02. The molecule has 0 spiro atoms. The van der Waals surface area contributed by atoms with Crippen molar-refractivity contribution >= 4 is 0 Å². The smallest absolute Gasteiger partial charge is 0.238 e. The van der Waals surface area contributed by atoms with Crippen molar-refractivity contribution in [3.8, 4) is 11.6 Å². The van der Waals surface area contributed by atoms with Crippen LogP contribution in [-0.4, -0.2) is 16.7 Å². The molecular formula is C15H19N3O. The summed E-state index contributed by atoms with van der Waals surface area (Å²) in [5, 5.41) is 11.4. The molecule has 0 bridgehead atoms. The van der Waals surface area contributed by atoms with Crippen molar-refractivity contribution in [2.45, 2.75) is 27.3 Å². The number of rotatable bonds is 5. The highest BCUT2D eigenvalue weighted by Crippen LogP contribution is 2.25. The van der Waals surface area contributed by atoms with E-state index in [-0.39, 0.29) is 0 Å². The monoisotopic (exact) mass is 257 g/mol. The Morgan fingerprint density at radius 3 is 2.63 bits per heavy atom. The molecule has 1 aromatic heterocycles. The highest BCUT2D eigenvalue weighted by molar-refractivity contribution is 5.40. The van der Waals surface area contributed by atoms with E-state index in [0.717, 1.165) is 30.1 Å². The van der Waals surface area contributed by atoms with Crippen LogP contribution in [0.15, 0.2) is 30.3 Å². The van der Waals surface area contributed by atoms with Crippen LogP contribution in [-0.2, 0) is 6.54 Å². The molecule has 0 radical (unpaired) electrons. The Hall–Kier alpha value is -1.94. The van der Waals surface area contributed by atoms with Crippen LogP contribution in [0.5, 0.6) is 11.6 Å². The summed E-state index contributed by atoms with van der Waals surface area (Å²) >= 11 is 0. The van der Waals surface area contributed by atoms with Gasteiger partial charge < -0.3 is 10.1 Å². The zero-order valence-corrected chi connectivity index (χ0v) is 11.6. The van der Waals surface area contributed by atoms with Crippen LogP contribution in [0.3, 0.4) is 0 Å². The predicted molar refractivity (Wildman–Crippen MR) is 75.4 cm³/mol. The molecule has 2 rings (SSSR count). The van der Waals surface area contributed by atoms with E-state index in [4.69, 9.17) is 4.74 Å². The first-order chi connectivity index (χ1) is 9.20. The minimum absolute atomic E-state index is 0.522. The first-order valence-corrected chi connectivity index (χ1v) is 6.48. The molecule has 100 valence electrons. The Bertz CT molecular complexity index is 538. The summed E-state index contributed by atoms with van der Waals surface area (Å²) in [6, 6.07) is 9.76. The highest BCUT2D eigenvalue weighted by Gasteiger charge is 2.05. The third kappa shape index (κ3) is 3.51. The number of hydrogen-bond donors (Lipinski definition) is 1. The summed E-state index contributed by atoms with van der Waals surface area (Å²) in [4.78, 5) is 0. The molecule has 1 N–H and O–H groups in total. The number of benzene rings is 1. The van der Waals surface area contributed by atoms with Gasteiger partial charge in [-0.25, -0.2) is 0 Å². The maximum Gasteiger partial charge on any atom is 0.238 e. The Morgan fingerprint density at radius 1 is 1.11 bits per heavy atom. The fourth-order valence-electron chi connectivity index (χ4n) is 1.70. The van der Waals surface area contributed by atoms with Crippen LogP contribution in [0.4, 0.5) is 0 Å². The van der Waals surface area contributed by atoms with Crippen molar-refractivity contribution in [3.63, 3.8) is 0 Å². The van der Waals surface area contributed by atoms with Crippen molar-refractivity contribution in [2.24, 2.45) is 0 Å². The van der Waals surface area contributed by atoms with Gasteiger partial charge in [0, 0.05) is 12.6 Å². The predicted octanol–water partition coefficient (Wildman–Crippen LogP) is 3.00. The van der Waals surface area contributed by atoms with Gasteiger partial charge in [-0.2, -0.15) is 5.10 Å². The largest absolute Gasteiger partial charge is 0.437 e. The van der Waals surface area contributed by atoms with Crippen molar-refractivity contribution in [2.75, 3.05) is 6.54 Å². The summed E-state index contributed by atoms with van der Waals surface area (Å²) < 4.78 is 5.76. The molecule has 0 aliphatic carbocycles. The molecule has 0 aliphatic heterocycles. The molecule has 1 aromatic carbocycles. The summed E-state index contributed by atoms with van der Waals surface area (Å²) in [6.07, 6.45) is 0. The lowest BCUT2D eigenvalue weighted by molar-refractivity contribution is 0.449. The summed E-state index contributed by atoms with van der Waals surface area (Å²) in [5.41, 5.74) is 3.24. The van der Waals surface area contributed by atoms with Gasteiger partial charge >= 0.3 is 0 Å². The second-order valence-corrected chi connectivity index (χ2v) is 4.44. The molecule has 0 saturated carbocycles. The minimum atomic E-state index is 0.522. The van der Waals surface area contributed by atoms with E-state index >= 15 is 0 Å². The van der Waals surface area contributed by atoms with E-state index in [1.807, 2.05) is 31.2 Å². The Labute approximate surface area is 113 Å². The molecule has 0 aliphatic rings. The van der Waals surface area contributed by atoms with Crippen LogP contribution in [0.1, 0.15) is 23.7 Å². The maximum atomic E-state index is 5.76. The fourth-order valence-corrected chi connectivity index (χ4v) is 1.70. The van der Waals surface area contributed by atoms with Gasteiger partial charge in [-0.3, -0.25) is 0 Å². The summed E-state index contributed by atoms with van der Waals surface area (Å²) in [6.45, 7) is 7.81. The van der Waals surface area contributed by atoms with Crippen molar-refractivity contribution in [1.29, 1.82) is 0 Å². The lowest BCUT2D eigenvalue weighted by Gasteiger charge is -2.09. The van der Waals surface area contributed by atoms with E-state index in [1.165, 1.54) is 5.56 Å². The molecule has 19 heavy (non-hydrogen) atoms. The van der Waals surface area contributed by atoms with Gasteiger partial charge in [0.2, 0.25) is 5.88 Å². The number of aryl methyl sites for hydroxylation is 1. The van der Waals surface area contributed by atoms with Crippen LogP contribution >= 0.6 is 0 Å². The second-order valence-electron chi connectivity index (χ2n) is 4.44. The molecule has 2 aromatic rings. The Kier molecular flexibility index (Phi) is 4.47. The lowest BCUT2D eigenvalue weighted by atomic mass is 10.1. The summed E-state index contributed by atoms with van der Waals surface area (Å²) in [5.74, 6) is 1.35.